The van der Waals surface area contributed by atoms with Crippen LogP contribution in [-0.2, 0) is 0 Å². The van der Waals surface area contributed by atoms with Crippen LogP contribution in [0.4, 0.5) is 5.95 Å². The van der Waals surface area contributed by atoms with Crippen LogP contribution in [0.2, 0.25) is 0 Å². The molecule has 1 aromatic carbocycles. The molecule has 0 atom stereocenters. The molecule has 1 aliphatic heterocycles. The minimum atomic E-state index is 0.0182. The minimum absolute atomic E-state index is 0.0182. The number of piperazine rings is 1. The first kappa shape index (κ1) is 17.2. The van der Waals surface area contributed by atoms with Crippen LogP contribution in [0.15, 0.2) is 30.5 Å². The van der Waals surface area contributed by atoms with Gasteiger partial charge in [0.2, 0.25) is 5.95 Å². The van der Waals surface area contributed by atoms with Crippen molar-refractivity contribution < 1.29 is 9.53 Å². The van der Waals surface area contributed by atoms with Crippen molar-refractivity contribution in [1.29, 1.82) is 0 Å². The standard InChI is InChI=1S/C19H24N4O2/c1-4-25-17-8-6-5-7-16(17)18(24)22-9-11-23(12-10-22)19-20-13-14(2)15(3)21-19/h5-8,13H,4,9-12H2,1-3H3. The number of amides is 1. The number of rotatable bonds is 4. The number of aromatic nitrogens is 2. The number of para-hydroxylation sites is 1. The smallest absolute Gasteiger partial charge is 0.257 e. The summed E-state index contributed by atoms with van der Waals surface area (Å²) in [6.45, 7) is 9.21. The summed E-state index contributed by atoms with van der Waals surface area (Å²) in [4.78, 5) is 25.8. The number of benzene rings is 1. The van der Waals surface area contributed by atoms with Crippen molar-refractivity contribution in [2.75, 3.05) is 37.7 Å². The molecular weight excluding hydrogens is 316 g/mol. The molecule has 1 aromatic heterocycles. The van der Waals surface area contributed by atoms with E-state index in [1.165, 1.54) is 0 Å². The Morgan fingerprint density at radius 1 is 1.16 bits per heavy atom. The summed E-state index contributed by atoms with van der Waals surface area (Å²) in [5.41, 5.74) is 2.71. The van der Waals surface area contributed by atoms with E-state index >= 15 is 0 Å². The van der Waals surface area contributed by atoms with Gasteiger partial charge in [0.05, 0.1) is 12.2 Å². The number of hydrogen-bond acceptors (Lipinski definition) is 5. The van der Waals surface area contributed by atoms with Crippen molar-refractivity contribution in [2.45, 2.75) is 20.8 Å². The number of nitrogens with zero attached hydrogens (tertiary/aromatic N) is 4. The molecule has 0 saturated carbocycles. The molecule has 6 nitrogen and oxygen atoms in total. The van der Waals surface area contributed by atoms with E-state index < -0.39 is 0 Å². The first-order chi connectivity index (χ1) is 12.1. The predicted octanol–water partition coefficient (Wildman–Crippen LogP) is 2.45. The number of ether oxygens (including phenoxy) is 1. The predicted molar refractivity (Wildman–Crippen MR) is 97.2 cm³/mol. The maximum Gasteiger partial charge on any atom is 0.257 e. The Kier molecular flexibility index (Phi) is 5.16. The van der Waals surface area contributed by atoms with Crippen LogP contribution >= 0.6 is 0 Å². The van der Waals surface area contributed by atoms with Crippen LogP contribution in [0.25, 0.3) is 0 Å². The van der Waals surface area contributed by atoms with Gasteiger partial charge in [0.15, 0.2) is 0 Å². The molecule has 2 heterocycles. The molecule has 1 fully saturated rings. The Morgan fingerprint density at radius 3 is 2.56 bits per heavy atom. The number of aryl methyl sites for hydroxylation is 2. The molecule has 2 aromatic rings. The van der Waals surface area contributed by atoms with Crippen LogP contribution in [0.1, 0.15) is 28.5 Å². The average molecular weight is 340 g/mol. The van der Waals surface area contributed by atoms with Crippen molar-refractivity contribution in [3.63, 3.8) is 0 Å². The molecule has 0 spiro atoms. The molecule has 1 saturated heterocycles. The van der Waals surface area contributed by atoms with E-state index in [9.17, 15) is 4.79 Å². The first-order valence-corrected chi connectivity index (χ1v) is 8.66. The van der Waals surface area contributed by atoms with Crippen LogP contribution in [0, 0.1) is 13.8 Å². The number of hydrogen-bond donors (Lipinski definition) is 0. The Bertz CT molecular complexity index is 755. The fourth-order valence-electron chi connectivity index (χ4n) is 2.87. The van der Waals surface area contributed by atoms with Gasteiger partial charge in [-0.2, -0.15) is 0 Å². The maximum atomic E-state index is 12.8. The highest BCUT2D eigenvalue weighted by atomic mass is 16.5. The number of anilines is 1. The third-order valence-corrected chi connectivity index (χ3v) is 4.48. The van der Waals surface area contributed by atoms with Crippen molar-refractivity contribution in [2.24, 2.45) is 0 Å². The van der Waals surface area contributed by atoms with E-state index in [-0.39, 0.29) is 5.91 Å². The fourth-order valence-corrected chi connectivity index (χ4v) is 2.87. The second kappa shape index (κ2) is 7.51. The molecule has 1 aliphatic rings. The van der Waals surface area contributed by atoms with E-state index in [1.807, 2.05) is 56.1 Å². The Morgan fingerprint density at radius 2 is 1.88 bits per heavy atom. The first-order valence-electron chi connectivity index (χ1n) is 8.66. The largest absolute Gasteiger partial charge is 0.493 e. The second-order valence-electron chi connectivity index (χ2n) is 6.15. The molecule has 0 unspecified atom stereocenters. The van der Waals surface area contributed by atoms with E-state index in [0.717, 1.165) is 30.3 Å². The van der Waals surface area contributed by atoms with Crippen molar-refractivity contribution in [1.82, 2.24) is 14.9 Å². The number of carbonyl (C=O) groups excluding carboxylic acids is 1. The summed E-state index contributed by atoms with van der Waals surface area (Å²) >= 11 is 0. The zero-order valence-electron chi connectivity index (χ0n) is 15.0. The lowest BCUT2D eigenvalue weighted by Crippen LogP contribution is -2.49. The second-order valence-corrected chi connectivity index (χ2v) is 6.15. The van der Waals surface area contributed by atoms with Gasteiger partial charge in [-0.15, -0.1) is 0 Å². The summed E-state index contributed by atoms with van der Waals surface area (Å²) in [5.74, 6) is 1.41. The summed E-state index contributed by atoms with van der Waals surface area (Å²) in [6.07, 6.45) is 1.85. The van der Waals surface area contributed by atoms with Crippen LogP contribution in [0.5, 0.6) is 5.75 Å². The zero-order valence-corrected chi connectivity index (χ0v) is 15.0. The van der Waals surface area contributed by atoms with Crippen LogP contribution in [-0.4, -0.2) is 53.6 Å². The topological polar surface area (TPSA) is 58.6 Å². The third kappa shape index (κ3) is 3.73. The molecule has 132 valence electrons. The SMILES string of the molecule is CCOc1ccccc1C(=O)N1CCN(c2ncc(C)c(C)n2)CC1. The molecule has 3 rings (SSSR count). The average Bonchev–Trinajstić information content (AvgIpc) is 2.64. The van der Waals surface area contributed by atoms with Crippen molar-refractivity contribution in [3.05, 3.63) is 47.3 Å². The Labute approximate surface area is 148 Å². The van der Waals surface area contributed by atoms with Gasteiger partial charge >= 0.3 is 0 Å². The van der Waals surface area contributed by atoms with Gasteiger partial charge in [0, 0.05) is 38.1 Å². The highest BCUT2D eigenvalue weighted by Crippen LogP contribution is 2.21. The van der Waals surface area contributed by atoms with Gasteiger partial charge in [0.25, 0.3) is 5.91 Å². The van der Waals surface area contributed by atoms with Gasteiger partial charge in [-0.3, -0.25) is 4.79 Å². The van der Waals surface area contributed by atoms with E-state index in [4.69, 9.17) is 4.74 Å². The molecule has 0 aliphatic carbocycles. The van der Waals surface area contributed by atoms with Gasteiger partial charge < -0.3 is 14.5 Å². The molecule has 0 N–H and O–H groups in total. The quantitative estimate of drug-likeness (QED) is 0.856. The highest BCUT2D eigenvalue weighted by molar-refractivity contribution is 5.97. The summed E-state index contributed by atoms with van der Waals surface area (Å²) < 4.78 is 5.59. The van der Waals surface area contributed by atoms with Crippen molar-refractivity contribution >= 4 is 11.9 Å². The van der Waals surface area contributed by atoms with Crippen molar-refractivity contribution in [3.8, 4) is 5.75 Å². The molecule has 0 bridgehead atoms. The normalized spacial score (nSPS) is 14.5. The Hall–Kier alpha value is -2.63. The van der Waals surface area contributed by atoms with Crippen LogP contribution < -0.4 is 9.64 Å². The van der Waals surface area contributed by atoms with Gasteiger partial charge in [0.1, 0.15) is 5.75 Å². The fraction of sp³-hybridized carbons (Fsp3) is 0.421. The maximum absolute atomic E-state index is 12.8. The van der Waals surface area contributed by atoms with E-state index in [0.29, 0.717) is 31.0 Å². The lowest BCUT2D eigenvalue weighted by Gasteiger charge is -2.35. The molecule has 0 radical (unpaired) electrons. The molecule has 25 heavy (non-hydrogen) atoms. The van der Waals surface area contributed by atoms with E-state index in [2.05, 4.69) is 14.9 Å². The van der Waals surface area contributed by atoms with Gasteiger partial charge in [-0.25, -0.2) is 9.97 Å². The lowest BCUT2D eigenvalue weighted by molar-refractivity contribution is 0.0742. The molecular formula is C19H24N4O2. The summed E-state index contributed by atoms with van der Waals surface area (Å²) in [6, 6.07) is 7.42. The summed E-state index contributed by atoms with van der Waals surface area (Å²) in [7, 11) is 0. The van der Waals surface area contributed by atoms with E-state index in [1.54, 1.807) is 0 Å². The van der Waals surface area contributed by atoms with Gasteiger partial charge in [-0.05, 0) is 38.5 Å². The lowest BCUT2D eigenvalue weighted by atomic mass is 10.1. The zero-order chi connectivity index (χ0) is 17.8. The van der Waals surface area contributed by atoms with Crippen LogP contribution in [0.3, 0.4) is 0 Å². The minimum Gasteiger partial charge on any atom is -0.493 e. The molecule has 6 heteroatoms. The monoisotopic (exact) mass is 340 g/mol. The third-order valence-electron chi connectivity index (χ3n) is 4.48. The molecule has 1 amide bonds. The highest BCUT2D eigenvalue weighted by Gasteiger charge is 2.25. The summed E-state index contributed by atoms with van der Waals surface area (Å²) in [5, 5.41) is 0. The van der Waals surface area contributed by atoms with Gasteiger partial charge in [-0.1, -0.05) is 12.1 Å². The Balaban J connectivity index is 1.68. The number of carbonyl (C=O) groups is 1.